The van der Waals surface area contributed by atoms with Gasteiger partial charge in [-0.15, -0.1) is 0 Å². The Morgan fingerprint density at radius 2 is 2.24 bits per heavy atom. The van der Waals surface area contributed by atoms with Crippen LogP contribution in [0.5, 0.6) is 0 Å². The average molecular weight is 233 g/mol. The molecule has 1 fully saturated rings. The van der Waals surface area contributed by atoms with Crippen molar-refractivity contribution in [2.24, 2.45) is 5.92 Å². The number of nitriles is 1. The number of aromatic amines is 1. The minimum atomic E-state index is -0.387. The molecule has 0 spiro atoms. The van der Waals surface area contributed by atoms with E-state index < -0.39 is 0 Å². The molecule has 1 N–H and O–H groups in total. The van der Waals surface area contributed by atoms with Gasteiger partial charge in [-0.05, 0) is 6.07 Å². The first-order chi connectivity index (χ1) is 8.22. The van der Waals surface area contributed by atoms with Crippen LogP contribution < -0.4 is 9.88 Å². The SMILES string of the molecule is N#CC1CCN(c2[nH+]cccc2[N+](=O)[O-])CC1. The highest BCUT2D eigenvalue weighted by atomic mass is 16.6. The minimum absolute atomic E-state index is 0.0778. The number of piperidine rings is 1. The molecule has 6 heteroatoms. The Hall–Kier alpha value is -2.16. The van der Waals surface area contributed by atoms with E-state index in [1.165, 1.54) is 6.07 Å². The molecule has 6 nitrogen and oxygen atoms in total. The Morgan fingerprint density at radius 3 is 2.82 bits per heavy atom. The maximum Gasteiger partial charge on any atom is 0.357 e. The first-order valence-electron chi connectivity index (χ1n) is 5.52. The minimum Gasteiger partial charge on any atom is -0.258 e. The zero-order valence-electron chi connectivity index (χ0n) is 9.30. The van der Waals surface area contributed by atoms with E-state index >= 15 is 0 Å². The van der Waals surface area contributed by atoms with Crippen molar-refractivity contribution in [2.75, 3.05) is 18.0 Å². The first kappa shape index (κ1) is 11.3. The fourth-order valence-electron chi connectivity index (χ4n) is 2.05. The Morgan fingerprint density at radius 1 is 1.53 bits per heavy atom. The molecule has 1 saturated heterocycles. The van der Waals surface area contributed by atoms with Gasteiger partial charge >= 0.3 is 11.5 Å². The third-order valence-electron chi connectivity index (χ3n) is 3.00. The van der Waals surface area contributed by atoms with Gasteiger partial charge in [0, 0.05) is 18.9 Å². The summed E-state index contributed by atoms with van der Waals surface area (Å²) in [4.78, 5) is 15.4. The lowest BCUT2D eigenvalue weighted by molar-refractivity contribution is -0.411. The van der Waals surface area contributed by atoms with Gasteiger partial charge in [0.05, 0.1) is 36.2 Å². The van der Waals surface area contributed by atoms with Crippen molar-refractivity contribution in [3.8, 4) is 6.07 Å². The molecule has 0 saturated carbocycles. The van der Waals surface area contributed by atoms with Crippen LogP contribution in [-0.4, -0.2) is 18.0 Å². The van der Waals surface area contributed by atoms with Crippen molar-refractivity contribution in [3.05, 3.63) is 28.4 Å². The van der Waals surface area contributed by atoms with Crippen LogP contribution in [0.2, 0.25) is 0 Å². The molecule has 88 valence electrons. The number of hydrogen-bond acceptors (Lipinski definition) is 4. The van der Waals surface area contributed by atoms with Crippen molar-refractivity contribution in [1.82, 2.24) is 0 Å². The molecular weight excluding hydrogens is 220 g/mol. The normalized spacial score (nSPS) is 16.5. The third-order valence-corrected chi connectivity index (χ3v) is 3.00. The van der Waals surface area contributed by atoms with Gasteiger partial charge in [-0.1, -0.05) is 0 Å². The molecular formula is C11H13N4O2+. The van der Waals surface area contributed by atoms with E-state index in [-0.39, 0.29) is 16.5 Å². The van der Waals surface area contributed by atoms with Crippen LogP contribution in [0.4, 0.5) is 11.5 Å². The summed E-state index contributed by atoms with van der Waals surface area (Å²) in [6, 6.07) is 5.35. The van der Waals surface area contributed by atoms with Crippen molar-refractivity contribution in [3.63, 3.8) is 0 Å². The summed E-state index contributed by atoms with van der Waals surface area (Å²) in [5.74, 6) is 0.614. The predicted octanol–water partition coefficient (Wildman–Crippen LogP) is 1.15. The van der Waals surface area contributed by atoms with Crippen molar-refractivity contribution in [2.45, 2.75) is 12.8 Å². The monoisotopic (exact) mass is 233 g/mol. The summed E-state index contributed by atoms with van der Waals surface area (Å²) in [6.45, 7) is 1.36. The number of pyridine rings is 1. The van der Waals surface area contributed by atoms with E-state index in [2.05, 4.69) is 11.1 Å². The number of nitrogens with one attached hydrogen (secondary N) is 1. The number of anilines is 1. The van der Waals surface area contributed by atoms with Crippen LogP contribution in [-0.2, 0) is 0 Å². The molecule has 0 radical (unpaired) electrons. The van der Waals surface area contributed by atoms with E-state index in [0.717, 1.165) is 12.8 Å². The van der Waals surface area contributed by atoms with Gasteiger partial charge < -0.3 is 0 Å². The lowest BCUT2D eigenvalue weighted by Gasteiger charge is -2.23. The Kier molecular flexibility index (Phi) is 3.19. The summed E-state index contributed by atoms with van der Waals surface area (Å²) < 4.78 is 0. The van der Waals surface area contributed by atoms with E-state index in [1.54, 1.807) is 12.3 Å². The third kappa shape index (κ3) is 2.33. The zero-order valence-corrected chi connectivity index (χ0v) is 9.30. The summed E-state index contributed by atoms with van der Waals surface area (Å²) in [5.41, 5.74) is 0.0860. The molecule has 1 aromatic heterocycles. The van der Waals surface area contributed by atoms with Gasteiger partial charge in [-0.2, -0.15) is 5.26 Å². The van der Waals surface area contributed by atoms with Crippen molar-refractivity contribution >= 4 is 11.5 Å². The largest absolute Gasteiger partial charge is 0.357 e. The van der Waals surface area contributed by atoms with Crippen LogP contribution in [0.3, 0.4) is 0 Å². The van der Waals surface area contributed by atoms with Crippen LogP contribution in [0.25, 0.3) is 0 Å². The number of H-pyrrole nitrogens is 1. The molecule has 0 amide bonds. The van der Waals surface area contributed by atoms with Gasteiger partial charge in [0.2, 0.25) is 0 Å². The number of nitro groups is 1. The lowest BCUT2D eigenvalue weighted by Crippen LogP contribution is -2.37. The van der Waals surface area contributed by atoms with Gasteiger partial charge in [0.1, 0.15) is 0 Å². The lowest BCUT2D eigenvalue weighted by atomic mass is 9.98. The molecule has 0 unspecified atom stereocenters. The van der Waals surface area contributed by atoms with E-state index in [4.69, 9.17) is 5.26 Å². The number of rotatable bonds is 2. The highest BCUT2D eigenvalue weighted by molar-refractivity contribution is 5.53. The molecule has 2 rings (SSSR count). The summed E-state index contributed by atoms with van der Waals surface area (Å²) in [5, 5.41) is 19.7. The number of nitrogens with zero attached hydrogens (tertiary/aromatic N) is 3. The molecule has 1 aliphatic heterocycles. The smallest absolute Gasteiger partial charge is 0.258 e. The summed E-state index contributed by atoms with van der Waals surface area (Å²) >= 11 is 0. The summed E-state index contributed by atoms with van der Waals surface area (Å²) in [6.07, 6.45) is 3.20. The van der Waals surface area contributed by atoms with Gasteiger partial charge in [0.15, 0.2) is 0 Å². The standard InChI is InChI=1S/C11H12N4O2/c12-8-9-3-6-14(7-4-9)11-10(15(16)17)2-1-5-13-11/h1-2,5,9H,3-4,6-7H2/p+1. The molecule has 17 heavy (non-hydrogen) atoms. The molecule has 2 heterocycles. The molecule has 0 aromatic carbocycles. The summed E-state index contributed by atoms with van der Waals surface area (Å²) in [7, 11) is 0. The highest BCUT2D eigenvalue weighted by Crippen LogP contribution is 2.26. The van der Waals surface area contributed by atoms with Gasteiger partial charge in [-0.3, -0.25) is 15.0 Å². The van der Waals surface area contributed by atoms with Crippen LogP contribution in [0.1, 0.15) is 12.8 Å². The van der Waals surface area contributed by atoms with Crippen LogP contribution in [0.15, 0.2) is 18.3 Å². The van der Waals surface area contributed by atoms with Gasteiger partial charge in [-0.25, -0.2) is 4.98 Å². The Balaban J connectivity index is 2.19. The maximum atomic E-state index is 10.9. The second-order valence-electron chi connectivity index (χ2n) is 4.05. The van der Waals surface area contributed by atoms with E-state index in [9.17, 15) is 10.1 Å². The van der Waals surface area contributed by atoms with Crippen molar-refractivity contribution < 1.29 is 9.91 Å². The topological polar surface area (TPSA) is 84.3 Å². The molecule has 0 atom stereocenters. The average Bonchev–Trinajstić information content (AvgIpc) is 2.39. The quantitative estimate of drug-likeness (QED) is 0.566. The molecule has 1 aromatic rings. The zero-order chi connectivity index (χ0) is 12.3. The van der Waals surface area contributed by atoms with E-state index in [0.29, 0.717) is 18.9 Å². The highest BCUT2D eigenvalue weighted by Gasteiger charge is 2.31. The second-order valence-corrected chi connectivity index (χ2v) is 4.05. The van der Waals surface area contributed by atoms with Crippen molar-refractivity contribution in [1.29, 1.82) is 5.26 Å². The Labute approximate surface area is 98.6 Å². The number of hydrogen-bond donors (Lipinski definition) is 0. The fraction of sp³-hybridized carbons (Fsp3) is 0.455. The second kappa shape index (κ2) is 4.78. The predicted molar refractivity (Wildman–Crippen MR) is 60.2 cm³/mol. The number of aromatic nitrogens is 1. The van der Waals surface area contributed by atoms with Gasteiger partial charge in [0.25, 0.3) is 0 Å². The van der Waals surface area contributed by atoms with E-state index in [1.807, 2.05) is 4.90 Å². The molecule has 0 aliphatic carbocycles. The molecule has 1 aliphatic rings. The Bertz CT molecular complexity index is 461. The molecule has 0 bridgehead atoms. The van der Waals surface area contributed by atoms with Crippen LogP contribution >= 0.6 is 0 Å². The first-order valence-corrected chi connectivity index (χ1v) is 5.52. The maximum absolute atomic E-state index is 10.9. The fourth-order valence-corrected chi connectivity index (χ4v) is 2.05. The van der Waals surface area contributed by atoms with Crippen LogP contribution in [0, 0.1) is 27.4 Å².